The normalized spacial score (nSPS) is 14.1. The molecule has 3 rings (SSSR count). The van der Waals surface area contributed by atoms with Gasteiger partial charge in [-0.25, -0.2) is 9.78 Å². The van der Waals surface area contributed by atoms with E-state index in [4.69, 9.17) is 26.8 Å². The lowest BCUT2D eigenvalue weighted by molar-refractivity contribution is -0.192. The van der Waals surface area contributed by atoms with Crippen molar-refractivity contribution in [3.8, 4) is 6.07 Å². The summed E-state index contributed by atoms with van der Waals surface area (Å²) >= 11 is 6.26. The van der Waals surface area contributed by atoms with E-state index >= 15 is 0 Å². The molecule has 1 aliphatic heterocycles. The lowest BCUT2D eigenvalue weighted by atomic mass is 10.1. The molecule has 1 aromatic carbocycles. The number of nitriles is 1. The number of hydrogen-bond donors (Lipinski definition) is 2. The maximum absolute atomic E-state index is 12.8. The number of hydrazine groups is 1. The second kappa shape index (κ2) is 16.1. The Morgan fingerprint density at radius 2 is 1.71 bits per heavy atom. The van der Waals surface area contributed by atoms with Crippen molar-refractivity contribution >= 4 is 29.3 Å². The number of carbonyl (C=O) groups is 2. The van der Waals surface area contributed by atoms with Crippen LogP contribution in [0.1, 0.15) is 44.1 Å². The van der Waals surface area contributed by atoms with Crippen LogP contribution in [0.25, 0.3) is 0 Å². The van der Waals surface area contributed by atoms with Gasteiger partial charge in [0.1, 0.15) is 11.1 Å². The van der Waals surface area contributed by atoms with E-state index in [2.05, 4.69) is 44.3 Å². The summed E-state index contributed by atoms with van der Waals surface area (Å²) in [5, 5.41) is 18.1. The summed E-state index contributed by atoms with van der Waals surface area (Å²) < 4.78 is 31.7. The van der Waals surface area contributed by atoms with Gasteiger partial charge in [-0.1, -0.05) is 56.6 Å². The number of piperazine rings is 1. The van der Waals surface area contributed by atoms with Crippen molar-refractivity contribution in [1.29, 1.82) is 5.26 Å². The molecule has 0 unspecified atom stereocenters. The maximum Gasteiger partial charge on any atom is 0.490 e. The minimum absolute atomic E-state index is 0.00442. The van der Waals surface area contributed by atoms with E-state index in [1.807, 2.05) is 32.0 Å². The fraction of sp³-hybridized carbons (Fsp3) is 0.519. The highest BCUT2D eigenvalue weighted by Crippen LogP contribution is 2.22. The lowest BCUT2D eigenvalue weighted by Gasteiger charge is -2.34. The Balaban J connectivity index is 0.000000745. The van der Waals surface area contributed by atoms with Crippen LogP contribution in [0.4, 0.5) is 19.0 Å². The molecule has 2 N–H and O–H groups in total. The summed E-state index contributed by atoms with van der Waals surface area (Å²) in [6.07, 6.45) is -2.26. The minimum Gasteiger partial charge on any atom is -0.475 e. The highest BCUT2D eigenvalue weighted by Gasteiger charge is 2.38. The average Bonchev–Trinajstić information content (AvgIpc) is 2.90. The van der Waals surface area contributed by atoms with Crippen LogP contribution in [-0.2, 0) is 22.6 Å². The molecule has 0 aliphatic carbocycles. The Bertz CT molecular complexity index is 1180. The summed E-state index contributed by atoms with van der Waals surface area (Å²) in [5.74, 6) is -2.37. The molecule has 1 amide bonds. The molecule has 1 fully saturated rings. The van der Waals surface area contributed by atoms with Crippen LogP contribution in [0.2, 0.25) is 5.02 Å². The summed E-state index contributed by atoms with van der Waals surface area (Å²) in [4.78, 5) is 34.8. The molecule has 0 spiro atoms. The van der Waals surface area contributed by atoms with E-state index < -0.39 is 12.1 Å². The van der Waals surface area contributed by atoms with Crippen LogP contribution >= 0.6 is 11.6 Å². The van der Waals surface area contributed by atoms with E-state index in [1.165, 1.54) is 24.7 Å². The third-order valence-corrected chi connectivity index (χ3v) is 6.20. The molecule has 0 radical (unpaired) electrons. The quantitative estimate of drug-likeness (QED) is 0.392. The molecule has 2 aromatic rings. The number of carboxylic acid groups (broad SMARTS) is 1. The number of carboxylic acids is 1. The molecule has 10 nitrogen and oxygen atoms in total. The van der Waals surface area contributed by atoms with Crippen molar-refractivity contribution in [3.05, 3.63) is 52.4 Å². The van der Waals surface area contributed by atoms with Crippen molar-refractivity contribution < 1.29 is 27.9 Å². The van der Waals surface area contributed by atoms with Crippen LogP contribution < -0.4 is 10.4 Å². The van der Waals surface area contributed by atoms with E-state index in [0.717, 1.165) is 38.3 Å². The third-order valence-electron chi connectivity index (χ3n) is 5.93. The molecule has 0 bridgehead atoms. The maximum atomic E-state index is 12.8. The standard InChI is InChI=1S/C25H34ClN7O.C2HF3O2/c1-4-9-31-10-12-32(13-11-31)18-21-7-5-20(6-8-21)14-24(34)30-33(17-19(2)3)25-22(26)16-28-23(15-27)29-25;3-2(4,5)1(6)7/h5-8,16,19H,4,9-14,17-18H2,1-3H3,(H,30,34);(H,6,7). The Morgan fingerprint density at radius 1 is 1.15 bits per heavy atom. The molecular formula is C27H35ClF3N7O3. The highest BCUT2D eigenvalue weighted by atomic mass is 35.5. The molecule has 1 aliphatic rings. The van der Waals surface area contributed by atoms with E-state index in [9.17, 15) is 18.0 Å². The number of rotatable bonds is 10. The lowest BCUT2D eigenvalue weighted by Crippen LogP contribution is -2.46. The summed E-state index contributed by atoms with van der Waals surface area (Å²) in [7, 11) is 0. The van der Waals surface area contributed by atoms with Gasteiger partial charge in [0, 0.05) is 39.3 Å². The molecule has 0 atom stereocenters. The molecule has 14 heteroatoms. The number of alkyl halides is 3. The Hall–Kier alpha value is -3.47. The van der Waals surface area contributed by atoms with Crippen molar-refractivity contribution in [1.82, 2.24) is 25.2 Å². The smallest absolute Gasteiger partial charge is 0.475 e. The second-order valence-corrected chi connectivity index (χ2v) is 10.3. The van der Waals surface area contributed by atoms with Gasteiger partial charge < -0.3 is 10.0 Å². The zero-order valence-corrected chi connectivity index (χ0v) is 24.0. The monoisotopic (exact) mass is 597 g/mol. The van der Waals surface area contributed by atoms with Crippen molar-refractivity contribution in [2.24, 2.45) is 5.92 Å². The molecule has 2 heterocycles. The molecule has 224 valence electrons. The van der Waals surface area contributed by atoms with Crippen LogP contribution in [0.15, 0.2) is 30.5 Å². The van der Waals surface area contributed by atoms with Gasteiger partial charge in [0.15, 0.2) is 5.82 Å². The first-order valence-electron chi connectivity index (χ1n) is 13.1. The van der Waals surface area contributed by atoms with Gasteiger partial charge in [-0.3, -0.25) is 20.1 Å². The number of anilines is 1. The van der Waals surface area contributed by atoms with Crippen LogP contribution in [0, 0.1) is 17.2 Å². The van der Waals surface area contributed by atoms with Gasteiger partial charge >= 0.3 is 12.1 Å². The van der Waals surface area contributed by atoms with Gasteiger partial charge in [-0.05, 0) is 30.0 Å². The largest absolute Gasteiger partial charge is 0.490 e. The molecular weight excluding hydrogens is 563 g/mol. The number of halogens is 4. The van der Waals surface area contributed by atoms with Gasteiger partial charge in [0.05, 0.1) is 12.6 Å². The van der Waals surface area contributed by atoms with E-state index in [-0.39, 0.29) is 29.1 Å². The fourth-order valence-corrected chi connectivity index (χ4v) is 4.23. The number of aliphatic carboxylic acids is 1. The van der Waals surface area contributed by atoms with Crippen molar-refractivity contribution in [2.45, 2.75) is 46.3 Å². The first-order chi connectivity index (χ1) is 19.3. The zero-order valence-electron chi connectivity index (χ0n) is 23.3. The van der Waals surface area contributed by atoms with Crippen molar-refractivity contribution in [2.75, 3.05) is 44.3 Å². The zero-order chi connectivity index (χ0) is 30.6. The molecule has 1 aromatic heterocycles. The highest BCUT2D eigenvalue weighted by molar-refractivity contribution is 6.32. The topological polar surface area (TPSA) is 126 Å². The van der Waals surface area contributed by atoms with Gasteiger partial charge in [-0.15, -0.1) is 0 Å². The number of nitrogens with one attached hydrogen (secondary N) is 1. The summed E-state index contributed by atoms with van der Waals surface area (Å²) in [6.45, 7) is 13.3. The SMILES string of the molecule is CCCN1CCN(Cc2ccc(CC(=O)NN(CC(C)C)c3nc(C#N)ncc3Cl)cc2)CC1.O=C(O)C(F)(F)F. The Morgan fingerprint density at radius 3 is 2.22 bits per heavy atom. The predicted molar refractivity (Wildman–Crippen MR) is 148 cm³/mol. The van der Waals surface area contributed by atoms with Gasteiger partial charge in [0.2, 0.25) is 11.7 Å². The Kier molecular flexibility index (Phi) is 13.2. The molecule has 1 saturated heterocycles. The first-order valence-corrected chi connectivity index (χ1v) is 13.5. The average molecular weight is 598 g/mol. The number of benzene rings is 1. The van der Waals surface area contributed by atoms with E-state index in [1.54, 1.807) is 5.01 Å². The molecule has 0 saturated carbocycles. The number of hydrogen-bond acceptors (Lipinski definition) is 8. The van der Waals surface area contributed by atoms with Gasteiger partial charge in [-0.2, -0.15) is 23.4 Å². The van der Waals surface area contributed by atoms with Gasteiger partial charge in [0.25, 0.3) is 0 Å². The molecule has 41 heavy (non-hydrogen) atoms. The van der Waals surface area contributed by atoms with Crippen molar-refractivity contribution in [3.63, 3.8) is 0 Å². The predicted octanol–water partition coefficient (Wildman–Crippen LogP) is 3.90. The Labute approximate surface area is 242 Å². The minimum atomic E-state index is -5.08. The third kappa shape index (κ3) is 11.9. The number of carbonyl (C=O) groups excluding carboxylic acids is 1. The van der Waals surface area contributed by atoms with E-state index in [0.29, 0.717) is 12.4 Å². The first kappa shape index (κ1) is 33.7. The second-order valence-electron chi connectivity index (χ2n) is 9.93. The van der Waals surface area contributed by atoms with Crippen LogP contribution in [0.3, 0.4) is 0 Å². The number of amides is 1. The number of nitrogens with zero attached hydrogens (tertiary/aromatic N) is 6. The fourth-order valence-electron chi connectivity index (χ4n) is 4.03. The summed E-state index contributed by atoms with van der Waals surface area (Å²) in [5.41, 5.74) is 5.09. The van der Waals surface area contributed by atoms with Crippen LogP contribution in [0.5, 0.6) is 0 Å². The summed E-state index contributed by atoms with van der Waals surface area (Å²) in [6, 6.07) is 10.1. The van der Waals surface area contributed by atoms with Crippen LogP contribution in [-0.4, -0.2) is 82.2 Å². The number of aromatic nitrogens is 2.